The highest BCUT2D eigenvalue weighted by Gasteiger charge is 2.32. The van der Waals surface area contributed by atoms with E-state index >= 15 is 0 Å². The Hall–Kier alpha value is -1.46. The molecule has 0 bridgehead atoms. The number of nitro benzene ring substituents is 1. The summed E-state index contributed by atoms with van der Waals surface area (Å²) in [6.07, 6.45) is 1.24. The minimum atomic E-state index is -0.286. The van der Waals surface area contributed by atoms with Gasteiger partial charge in [-0.1, -0.05) is 12.1 Å². The van der Waals surface area contributed by atoms with Crippen molar-refractivity contribution in [2.75, 3.05) is 26.2 Å². The fraction of sp³-hybridized carbons (Fsp3) is 0.600. The molecule has 0 aromatic heterocycles. The number of piperidine rings is 1. The van der Waals surface area contributed by atoms with Gasteiger partial charge in [-0.05, 0) is 50.4 Å². The highest BCUT2D eigenvalue weighted by Crippen LogP contribution is 2.29. The molecule has 2 atom stereocenters. The molecule has 0 radical (unpaired) electrons. The Morgan fingerprint density at radius 1 is 1.40 bits per heavy atom. The van der Waals surface area contributed by atoms with Crippen LogP contribution >= 0.6 is 0 Å². The lowest BCUT2D eigenvalue weighted by atomic mass is 9.88. The topological polar surface area (TPSA) is 58.4 Å². The number of likely N-dealkylation sites (tertiary alicyclic amines) is 1. The fourth-order valence-electron chi connectivity index (χ4n) is 3.53. The third-order valence-corrected chi connectivity index (χ3v) is 4.80. The van der Waals surface area contributed by atoms with Gasteiger partial charge in [0.05, 0.1) is 4.92 Å². The van der Waals surface area contributed by atoms with Crippen LogP contribution in [0.15, 0.2) is 18.2 Å². The molecule has 0 spiro atoms. The van der Waals surface area contributed by atoms with Gasteiger partial charge in [-0.25, -0.2) is 0 Å². The van der Waals surface area contributed by atoms with Crippen molar-refractivity contribution >= 4 is 5.69 Å². The maximum atomic E-state index is 11.0. The molecule has 2 saturated heterocycles. The van der Waals surface area contributed by atoms with E-state index in [0.29, 0.717) is 0 Å². The summed E-state index contributed by atoms with van der Waals surface area (Å²) in [6, 6.07) is 5.40. The molecule has 2 aliphatic heterocycles. The minimum absolute atomic E-state index is 0.236. The van der Waals surface area contributed by atoms with E-state index < -0.39 is 0 Å². The first-order valence-corrected chi connectivity index (χ1v) is 7.31. The van der Waals surface area contributed by atoms with Crippen molar-refractivity contribution in [2.45, 2.75) is 19.9 Å². The number of hydrogen-bond donors (Lipinski definition) is 1. The van der Waals surface area contributed by atoms with Gasteiger partial charge in [-0.2, -0.15) is 0 Å². The van der Waals surface area contributed by atoms with E-state index in [1.54, 1.807) is 12.1 Å². The maximum absolute atomic E-state index is 11.0. The second-order valence-corrected chi connectivity index (χ2v) is 6.02. The predicted molar refractivity (Wildman–Crippen MR) is 77.6 cm³/mol. The SMILES string of the molecule is Cc1c(CN2CCC3CNCC3C2)cccc1[N+](=O)[O-]. The molecule has 3 rings (SSSR count). The molecule has 2 aliphatic rings. The molecule has 2 heterocycles. The highest BCUT2D eigenvalue weighted by atomic mass is 16.6. The van der Waals surface area contributed by atoms with Crippen LogP contribution in [0.2, 0.25) is 0 Å². The van der Waals surface area contributed by atoms with Gasteiger partial charge in [-0.3, -0.25) is 15.0 Å². The van der Waals surface area contributed by atoms with E-state index in [2.05, 4.69) is 10.2 Å². The van der Waals surface area contributed by atoms with Gasteiger partial charge in [0.15, 0.2) is 0 Å². The quantitative estimate of drug-likeness (QED) is 0.676. The van der Waals surface area contributed by atoms with Gasteiger partial charge >= 0.3 is 0 Å². The third-order valence-electron chi connectivity index (χ3n) is 4.80. The van der Waals surface area contributed by atoms with Gasteiger partial charge < -0.3 is 5.32 Å². The number of fused-ring (bicyclic) bond motifs is 1. The van der Waals surface area contributed by atoms with Crippen LogP contribution in [-0.2, 0) is 6.54 Å². The minimum Gasteiger partial charge on any atom is -0.316 e. The molecule has 5 nitrogen and oxygen atoms in total. The van der Waals surface area contributed by atoms with E-state index in [9.17, 15) is 10.1 Å². The summed E-state index contributed by atoms with van der Waals surface area (Å²) in [5.41, 5.74) is 2.13. The van der Waals surface area contributed by atoms with Crippen molar-refractivity contribution in [1.29, 1.82) is 0 Å². The van der Waals surface area contributed by atoms with Crippen molar-refractivity contribution in [3.63, 3.8) is 0 Å². The monoisotopic (exact) mass is 275 g/mol. The number of hydrogen-bond acceptors (Lipinski definition) is 4. The molecular formula is C15H21N3O2. The van der Waals surface area contributed by atoms with Gasteiger partial charge in [-0.15, -0.1) is 0 Å². The Morgan fingerprint density at radius 2 is 2.20 bits per heavy atom. The Morgan fingerprint density at radius 3 is 3.00 bits per heavy atom. The lowest BCUT2D eigenvalue weighted by Crippen LogP contribution is -2.39. The zero-order chi connectivity index (χ0) is 14.1. The van der Waals surface area contributed by atoms with Crippen LogP contribution in [0.1, 0.15) is 17.5 Å². The molecule has 108 valence electrons. The zero-order valence-corrected chi connectivity index (χ0v) is 11.8. The molecule has 0 aliphatic carbocycles. The number of nitro groups is 1. The average Bonchev–Trinajstić information content (AvgIpc) is 2.88. The van der Waals surface area contributed by atoms with Gasteiger partial charge in [0.25, 0.3) is 5.69 Å². The summed E-state index contributed by atoms with van der Waals surface area (Å²) in [6.45, 7) is 7.18. The van der Waals surface area contributed by atoms with Crippen molar-refractivity contribution in [3.8, 4) is 0 Å². The Bertz CT molecular complexity index is 518. The fourth-order valence-corrected chi connectivity index (χ4v) is 3.53. The molecule has 5 heteroatoms. The van der Waals surface area contributed by atoms with Crippen LogP contribution in [0.5, 0.6) is 0 Å². The molecule has 2 unspecified atom stereocenters. The Balaban J connectivity index is 1.72. The lowest BCUT2D eigenvalue weighted by molar-refractivity contribution is -0.385. The van der Waals surface area contributed by atoms with E-state index in [1.165, 1.54) is 6.42 Å². The van der Waals surface area contributed by atoms with Crippen molar-refractivity contribution < 1.29 is 4.92 Å². The van der Waals surface area contributed by atoms with Crippen LogP contribution in [0.25, 0.3) is 0 Å². The second-order valence-electron chi connectivity index (χ2n) is 6.02. The Labute approximate surface area is 119 Å². The first-order valence-electron chi connectivity index (χ1n) is 7.31. The summed E-state index contributed by atoms with van der Waals surface area (Å²) >= 11 is 0. The highest BCUT2D eigenvalue weighted by molar-refractivity contribution is 5.44. The summed E-state index contributed by atoms with van der Waals surface area (Å²) in [5, 5.41) is 14.5. The number of nitrogens with zero attached hydrogens (tertiary/aromatic N) is 2. The van der Waals surface area contributed by atoms with Crippen LogP contribution in [0, 0.1) is 28.9 Å². The van der Waals surface area contributed by atoms with E-state index in [4.69, 9.17) is 0 Å². The summed E-state index contributed by atoms with van der Waals surface area (Å²) in [4.78, 5) is 13.2. The maximum Gasteiger partial charge on any atom is 0.272 e. The van der Waals surface area contributed by atoms with Gasteiger partial charge in [0.2, 0.25) is 0 Å². The van der Waals surface area contributed by atoms with E-state index in [0.717, 1.165) is 55.7 Å². The molecule has 1 N–H and O–H groups in total. The predicted octanol–water partition coefficient (Wildman–Crippen LogP) is 1.94. The first-order chi connectivity index (χ1) is 9.65. The number of nitrogens with one attached hydrogen (secondary N) is 1. The van der Waals surface area contributed by atoms with Crippen LogP contribution in [-0.4, -0.2) is 36.0 Å². The zero-order valence-electron chi connectivity index (χ0n) is 11.8. The number of rotatable bonds is 3. The average molecular weight is 275 g/mol. The van der Waals surface area contributed by atoms with Crippen molar-refractivity contribution in [2.24, 2.45) is 11.8 Å². The van der Waals surface area contributed by atoms with Crippen molar-refractivity contribution in [1.82, 2.24) is 10.2 Å². The molecule has 2 fully saturated rings. The van der Waals surface area contributed by atoms with Crippen LogP contribution in [0.4, 0.5) is 5.69 Å². The standard InChI is InChI=1S/C15H21N3O2/c1-11-13(3-2-4-15(11)18(19)20)9-17-6-5-12-7-16-8-14(12)10-17/h2-4,12,14,16H,5-10H2,1H3. The van der Waals surface area contributed by atoms with Crippen LogP contribution in [0.3, 0.4) is 0 Å². The van der Waals surface area contributed by atoms with E-state index in [-0.39, 0.29) is 10.6 Å². The first kappa shape index (κ1) is 13.5. The normalized spacial score (nSPS) is 26.4. The molecular weight excluding hydrogens is 254 g/mol. The molecule has 0 saturated carbocycles. The molecule has 0 amide bonds. The lowest BCUT2D eigenvalue weighted by Gasteiger charge is -2.34. The smallest absolute Gasteiger partial charge is 0.272 e. The second kappa shape index (κ2) is 5.50. The summed E-state index contributed by atoms with van der Waals surface area (Å²) < 4.78 is 0. The van der Waals surface area contributed by atoms with Gasteiger partial charge in [0.1, 0.15) is 0 Å². The third kappa shape index (κ3) is 2.55. The van der Waals surface area contributed by atoms with E-state index in [1.807, 2.05) is 13.0 Å². The Kier molecular flexibility index (Phi) is 3.72. The van der Waals surface area contributed by atoms with Gasteiger partial charge in [0, 0.05) is 24.7 Å². The van der Waals surface area contributed by atoms with Crippen LogP contribution < -0.4 is 5.32 Å². The number of benzene rings is 1. The molecule has 1 aromatic rings. The summed E-state index contributed by atoms with van der Waals surface area (Å²) in [5.74, 6) is 1.58. The molecule has 20 heavy (non-hydrogen) atoms. The largest absolute Gasteiger partial charge is 0.316 e. The molecule has 1 aromatic carbocycles. The van der Waals surface area contributed by atoms with Crippen molar-refractivity contribution in [3.05, 3.63) is 39.4 Å². The summed E-state index contributed by atoms with van der Waals surface area (Å²) in [7, 11) is 0.